The molecule has 3 aromatic rings. The molecule has 0 aliphatic rings. The molecule has 0 heterocycles. The zero-order chi connectivity index (χ0) is 23.8. The molecular weight excluding hydrogens is 456 g/mol. The van der Waals surface area contributed by atoms with E-state index in [2.05, 4.69) is 16.0 Å². The molecule has 3 aromatic carbocycles. The zero-order valence-corrected chi connectivity index (χ0v) is 20.4. The first-order valence-electron chi connectivity index (χ1n) is 10.9. The monoisotopic (exact) mass is 486 g/mol. The molecular formula is C25H31ClN4O4. The topological polar surface area (TPSA) is 106 Å². The standard InChI is InChI=1S/C25H30N4O4.ClH/c1-25(2,3)28-24(30)17-33-23-13-8-18-6-4-5-7-21(18)22(23)16-26-14-15-27-19-9-11-20(12-10-19)29(31)32;/h4-13,26-27H,14-17H2,1-3H3,(H,28,30);1H. The van der Waals surface area contributed by atoms with Crippen LogP contribution in [0.4, 0.5) is 11.4 Å². The van der Waals surface area contributed by atoms with Gasteiger partial charge in [0.05, 0.1) is 4.92 Å². The summed E-state index contributed by atoms with van der Waals surface area (Å²) in [5.74, 6) is 0.510. The van der Waals surface area contributed by atoms with Gasteiger partial charge in [0.1, 0.15) is 5.75 Å². The smallest absolute Gasteiger partial charge is 0.269 e. The van der Waals surface area contributed by atoms with Gasteiger partial charge >= 0.3 is 0 Å². The number of fused-ring (bicyclic) bond motifs is 1. The lowest BCUT2D eigenvalue weighted by Crippen LogP contribution is -2.43. The van der Waals surface area contributed by atoms with Gasteiger partial charge < -0.3 is 20.7 Å². The fourth-order valence-corrected chi connectivity index (χ4v) is 3.44. The third-order valence-corrected chi connectivity index (χ3v) is 4.88. The van der Waals surface area contributed by atoms with Crippen molar-refractivity contribution >= 4 is 40.5 Å². The minimum Gasteiger partial charge on any atom is -0.483 e. The summed E-state index contributed by atoms with van der Waals surface area (Å²) in [5.41, 5.74) is 1.57. The van der Waals surface area contributed by atoms with Crippen LogP contribution in [0, 0.1) is 10.1 Å². The van der Waals surface area contributed by atoms with Crippen LogP contribution in [-0.2, 0) is 11.3 Å². The van der Waals surface area contributed by atoms with Crippen LogP contribution >= 0.6 is 12.4 Å². The van der Waals surface area contributed by atoms with Gasteiger partial charge in [-0.3, -0.25) is 14.9 Å². The average Bonchev–Trinajstić information content (AvgIpc) is 2.77. The molecule has 8 nitrogen and oxygen atoms in total. The summed E-state index contributed by atoms with van der Waals surface area (Å²) < 4.78 is 5.89. The Hall–Kier alpha value is -3.36. The van der Waals surface area contributed by atoms with E-state index in [-0.39, 0.29) is 36.1 Å². The molecule has 9 heteroatoms. The first-order valence-corrected chi connectivity index (χ1v) is 10.9. The second-order valence-electron chi connectivity index (χ2n) is 8.76. The van der Waals surface area contributed by atoms with E-state index in [0.717, 1.165) is 22.0 Å². The van der Waals surface area contributed by atoms with Crippen molar-refractivity contribution in [2.75, 3.05) is 25.0 Å². The number of nitro groups is 1. The van der Waals surface area contributed by atoms with Crippen molar-refractivity contribution in [1.29, 1.82) is 0 Å². The van der Waals surface area contributed by atoms with E-state index in [9.17, 15) is 14.9 Å². The van der Waals surface area contributed by atoms with E-state index in [1.54, 1.807) is 12.1 Å². The molecule has 0 bridgehead atoms. The lowest BCUT2D eigenvalue weighted by Gasteiger charge is -2.21. The minimum absolute atomic E-state index is 0. The first-order chi connectivity index (χ1) is 15.7. The van der Waals surface area contributed by atoms with Crippen LogP contribution in [-0.4, -0.2) is 36.1 Å². The normalized spacial score (nSPS) is 10.9. The number of carbonyl (C=O) groups excluding carboxylic acids is 1. The van der Waals surface area contributed by atoms with Crippen LogP contribution in [0.2, 0.25) is 0 Å². The zero-order valence-electron chi connectivity index (χ0n) is 19.6. The number of benzene rings is 3. The molecule has 0 saturated carbocycles. The Kier molecular flexibility index (Phi) is 9.65. The van der Waals surface area contributed by atoms with Gasteiger partial charge in [0.15, 0.2) is 6.61 Å². The number of anilines is 1. The minimum atomic E-state index is -0.415. The van der Waals surface area contributed by atoms with E-state index >= 15 is 0 Å². The fourth-order valence-electron chi connectivity index (χ4n) is 3.44. The molecule has 0 unspecified atom stereocenters. The molecule has 3 N–H and O–H groups in total. The SMILES string of the molecule is CC(C)(C)NC(=O)COc1ccc2ccccc2c1CNCCNc1ccc([N+](=O)[O-])cc1.Cl. The lowest BCUT2D eigenvalue weighted by molar-refractivity contribution is -0.384. The molecule has 0 aromatic heterocycles. The highest BCUT2D eigenvalue weighted by Gasteiger charge is 2.15. The largest absolute Gasteiger partial charge is 0.483 e. The van der Waals surface area contributed by atoms with Gasteiger partial charge in [-0.25, -0.2) is 0 Å². The Labute approximate surface area is 205 Å². The molecule has 0 spiro atoms. The molecule has 0 fully saturated rings. The van der Waals surface area contributed by atoms with E-state index < -0.39 is 4.92 Å². The highest BCUT2D eigenvalue weighted by Crippen LogP contribution is 2.28. The summed E-state index contributed by atoms with van der Waals surface area (Å²) >= 11 is 0. The molecule has 0 radical (unpaired) electrons. The number of nitro benzene ring substituents is 1. The average molecular weight is 487 g/mol. The van der Waals surface area contributed by atoms with E-state index in [1.807, 2.05) is 57.2 Å². The maximum Gasteiger partial charge on any atom is 0.269 e. The van der Waals surface area contributed by atoms with Crippen LogP contribution in [0.3, 0.4) is 0 Å². The third-order valence-electron chi connectivity index (χ3n) is 4.88. The highest BCUT2D eigenvalue weighted by atomic mass is 35.5. The summed E-state index contributed by atoms with van der Waals surface area (Å²) in [4.78, 5) is 22.5. The lowest BCUT2D eigenvalue weighted by atomic mass is 10.0. The second kappa shape index (κ2) is 12.2. The van der Waals surface area contributed by atoms with E-state index in [1.165, 1.54) is 12.1 Å². The maximum absolute atomic E-state index is 12.2. The number of nitrogens with zero attached hydrogens (tertiary/aromatic N) is 1. The van der Waals surface area contributed by atoms with Gasteiger partial charge in [-0.15, -0.1) is 12.4 Å². The van der Waals surface area contributed by atoms with Crippen molar-refractivity contribution < 1.29 is 14.5 Å². The van der Waals surface area contributed by atoms with Crippen LogP contribution in [0.25, 0.3) is 10.8 Å². The Morgan fingerprint density at radius 2 is 1.71 bits per heavy atom. The van der Waals surface area contributed by atoms with Crippen LogP contribution < -0.4 is 20.7 Å². The van der Waals surface area contributed by atoms with Crippen molar-refractivity contribution in [1.82, 2.24) is 10.6 Å². The Balaban J connectivity index is 0.00000408. The third kappa shape index (κ3) is 7.90. The van der Waals surface area contributed by atoms with Crippen molar-refractivity contribution in [3.8, 4) is 5.75 Å². The number of ether oxygens (including phenoxy) is 1. The number of halogens is 1. The number of hydrogen-bond acceptors (Lipinski definition) is 6. The number of non-ortho nitro benzene ring substituents is 1. The van der Waals surface area contributed by atoms with Crippen molar-refractivity contribution in [2.24, 2.45) is 0 Å². The molecule has 1 amide bonds. The van der Waals surface area contributed by atoms with Crippen molar-refractivity contribution in [3.05, 3.63) is 76.3 Å². The molecule has 0 saturated heterocycles. The Morgan fingerprint density at radius 3 is 2.38 bits per heavy atom. The number of nitrogens with one attached hydrogen (secondary N) is 3. The van der Waals surface area contributed by atoms with E-state index in [0.29, 0.717) is 25.4 Å². The summed E-state index contributed by atoms with van der Waals surface area (Å²) in [6.07, 6.45) is 0. The molecule has 0 aliphatic carbocycles. The summed E-state index contributed by atoms with van der Waals surface area (Å²) in [6.45, 7) is 7.63. The molecule has 34 heavy (non-hydrogen) atoms. The fraction of sp³-hybridized carbons (Fsp3) is 0.320. The van der Waals surface area contributed by atoms with Crippen LogP contribution in [0.1, 0.15) is 26.3 Å². The number of amides is 1. The number of rotatable bonds is 10. The van der Waals surface area contributed by atoms with Gasteiger partial charge in [-0.1, -0.05) is 30.3 Å². The number of hydrogen-bond donors (Lipinski definition) is 3. The Bertz CT molecular complexity index is 1110. The second-order valence-corrected chi connectivity index (χ2v) is 8.76. The van der Waals surface area contributed by atoms with Gasteiger partial charge in [0, 0.05) is 48.6 Å². The molecule has 3 rings (SSSR count). The number of carbonyl (C=O) groups is 1. The predicted molar refractivity (Wildman–Crippen MR) is 138 cm³/mol. The van der Waals surface area contributed by atoms with Crippen molar-refractivity contribution in [2.45, 2.75) is 32.9 Å². The summed E-state index contributed by atoms with van der Waals surface area (Å²) in [6, 6.07) is 18.3. The summed E-state index contributed by atoms with van der Waals surface area (Å²) in [7, 11) is 0. The van der Waals surface area contributed by atoms with Gasteiger partial charge in [-0.2, -0.15) is 0 Å². The van der Waals surface area contributed by atoms with Gasteiger partial charge in [-0.05, 0) is 49.7 Å². The molecule has 182 valence electrons. The Morgan fingerprint density at radius 1 is 1.00 bits per heavy atom. The van der Waals surface area contributed by atoms with Crippen LogP contribution in [0.5, 0.6) is 5.75 Å². The van der Waals surface area contributed by atoms with Gasteiger partial charge in [0.25, 0.3) is 11.6 Å². The maximum atomic E-state index is 12.2. The van der Waals surface area contributed by atoms with Gasteiger partial charge in [0.2, 0.25) is 0 Å². The quantitative estimate of drug-likeness (QED) is 0.218. The van der Waals surface area contributed by atoms with Crippen LogP contribution in [0.15, 0.2) is 60.7 Å². The first kappa shape index (κ1) is 26.9. The molecule has 0 aliphatic heterocycles. The van der Waals surface area contributed by atoms with Crippen molar-refractivity contribution in [3.63, 3.8) is 0 Å². The predicted octanol–water partition coefficient (Wildman–Crippen LogP) is 4.67. The van der Waals surface area contributed by atoms with E-state index in [4.69, 9.17) is 4.74 Å². The highest BCUT2D eigenvalue weighted by molar-refractivity contribution is 5.88. The molecule has 0 atom stereocenters. The summed E-state index contributed by atoms with van der Waals surface area (Å²) in [5, 5.41) is 22.5.